The Morgan fingerprint density at radius 2 is 1.69 bits per heavy atom. The predicted molar refractivity (Wildman–Crippen MR) is 66.2 cm³/mol. The van der Waals surface area contributed by atoms with Gasteiger partial charge >= 0.3 is 5.97 Å². The van der Waals surface area contributed by atoms with Crippen LogP contribution >= 0.6 is 0 Å². The van der Waals surface area contributed by atoms with Crippen molar-refractivity contribution in [1.82, 2.24) is 0 Å². The van der Waals surface area contributed by atoms with Gasteiger partial charge in [0.1, 0.15) is 0 Å². The number of rotatable bonds is 3. The first-order chi connectivity index (χ1) is 7.31. The second-order valence-electron chi connectivity index (χ2n) is 6.46. The highest BCUT2D eigenvalue weighted by atomic mass is 16.5. The Labute approximate surface area is 99.8 Å². The zero-order valence-electron chi connectivity index (χ0n) is 11.4. The molecule has 0 saturated heterocycles. The molecule has 0 aliphatic heterocycles. The average molecular weight is 226 g/mol. The number of methoxy groups -OCH3 is 1. The van der Waals surface area contributed by atoms with E-state index in [-0.39, 0.29) is 11.4 Å². The van der Waals surface area contributed by atoms with Gasteiger partial charge in [0.25, 0.3) is 0 Å². The fraction of sp³-hybridized carbons (Fsp3) is 0.929. The number of hydrogen-bond acceptors (Lipinski definition) is 2. The smallest absolute Gasteiger partial charge is 0.311 e. The highest BCUT2D eigenvalue weighted by molar-refractivity contribution is 5.76. The summed E-state index contributed by atoms with van der Waals surface area (Å²) in [6, 6.07) is 0. The fourth-order valence-corrected chi connectivity index (χ4v) is 3.05. The van der Waals surface area contributed by atoms with Crippen LogP contribution in [0.25, 0.3) is 0 Å². The van der Waals surface area contributed by atoms with Crippen molar-refractivity contribution in [2.75, 3.05) is 7.11 Å². The zero-order chi connectivity index (χ0) is 12.4. The number of ether oxygens (including phenoxy) is 1. The Bertz CT molecular complexity index is 247. The van der Waals surface area contributed by atoms with E-state index < -0.39 is 0 Å². The van der Waals surface area contributed by atoms with Crippen LogP contribution in [0.1, 0.15) is 59.8 Å². The maximum atomic E-state index is 11.7. The molecule has 1 aliphatic carbocycles. The molecule has 0 aromatic carbocycles. The first-order valence-corrected chi connectivity index (χ1v) is 6.40. The van der Waals surface area contributed by atoms with Crippen LogP contribution in [-0.2, 0) is 9.53 Å². The molecule has 1 aliphatic rings. The van der Waals surface area contributed by atoms with Gasteiger partial charge in [0.05, 0.1) is 12.5 Å². The number of carbonyl (C=O) groups excluding carboxylic acids is 1. The Hall–Kier alpha value is -0.530. The SMILES string of the molecule is COC(=O)C1(C)CCC(C)(CC(C)C)CC1. The molecule has 0 bridgehead atoms. The lowest BCUT2D eigenvalue weighted by Crippen LogP contribution is -2.37. The molecule has 0 radical (unpaired) electrons. The molecule has 0 atom stereocenters. The van der Waals surface area contributed by atoms with Gasteiger partial charge in [-0.05, 0) is 50.4 Å². The van der Waals surface area contributed by atoms with E-state index in [1.165, 1.54) is 13.5 Å². The van der Waals surface area contributed by atoms with E-state index in [2.05, 4.69) is 20.8 Å². The molecule has 0 heterocycles. The topological polar surface area (TPSA) is 26.3 Å². The van der Waals surface area contributed by atoms with Gasteiger partial charge in [-0.3, -0.25) is 4.79 Å². The largest absolute Gasteiger partial charge is 0.469 e. The average Bonchev–Trinajstić information content (AvgIpc) is 2.21. The highest BCUT2D eigenvalue weighted by Gasteiger charge is 2.42. The van der Waals surface area contributed by atoms with Gasteiger partial charge in [0.15, 0.2) is 0 Å². The maximum Gasteiger partial charge on any atom is 0.311 e. The zero-order valence-corrected chi connectivity index (χ0v) is 11.4. The van der Waals surface area contributed by atoms with Gasteiger partial charge in [-0.15, -0.1) is 0 Å². The molecule has 1 saturated carbocycles. The third-order valence-electron chi connectivity index (χ3n) is 4.14. The lowest BCUT2D eigenvalue weighted by atomic mass is 9.63. The van der Waals surface area contributed by atoms with Gasteiger partial charge < -0.3 is 4.74 Å². The standard InChI is InChI=1S/C14H26O2/c1-11(2)10-13(3)6-8-14(4,9-7-13)12(15)16-5/h11H,6-10H2,1-5H3. The summed E-state index contributed by atoms with van der Waals surface area (Å²) in [5.41, 5.74) is 0.201. The van der Waals surface area contributed by atoms with E-state index >= 15 is 0 Å². The van der Waals surface area contributed by atoms with Crippen molar-refractivity contribution in [1.29, 1.82) is 0 Å². The molecule has 0 aromatic rings. The highest BCUT2D eigenvalue weighted by Crippen LogP contribution is 2.48. The van der Waals surface area contributed by atoms with E-state index in [1.54, 1.807) is 0 Å². The lowest BCUT2D eigenvalue weighted by Gasteiger charge is -2.42. The molecule has 1 rings (SSSR count). The van der Waals surface area contributed by atoms with Crippen LogP contribution in [0.15, 0.2) is 0 Å². The van der Waals surface area contributed by atoms with Crippen molar-refractivity contribution in [3.63, 3.8) is 0 Å². The second kappa shape index (κ2) is 4.77. The van der Waals surface area contributed by atoms with Crippen LogP contribution in [0.5, 0.6) is 0 Å². The minimum atomic E-state index is -0.231. The summed E-state index contributed by atoms with van der Waals surface area (Å²) in [6.45, 7) is 8.97. The van der Waals surface area contributed by atoms with Gasteiger partial charge in [-0.1, -0.05) is 20.8 Å². The molecule has 0 N–H and O–H groups in total. The Kier molecular flexibility index (Phi) is 4.03. The molecule has 16 heavy (non-hydrogen) atoms. The van der Waals surface area contributed by atoms with Crippen molar-refractivity contribution < 1.29 is 9.53 Å². The summed E-state index contributed by atoms with van der Waals surface area (Å²) in [6.07, 6.45) is 5.52. The predicted octanol–water partition coefficient (Wildman–Crippen LogP) is 3.79. The maximum absolute atomic E-state index is 11.7. The van der Waals surface area contributed by atoms with Crippen LogP contribution in [-0.4, -0.2) is 13.1 Å². The van der Waals surface area contributed by atoms with Gasteiger partial charge in [-0.2, -0.15) is 0 Å². The minimum Gasteiger partial charge on any atom is -0.469 e. The Balaban J connectivity index is 2.59. The minimum absolute atomic E-state index is 0.0286. The molecular weight excluding hydrogens is 200 g/mol. The molecule has 0 aromatic heterocycles. The molecule has 2 nitrogen and oxygen atoms in total. The molecule has 0 unspecified atom stereocenters. The number of hydrogen-bond donors (Lipinski definition) is 0. The van der Waals surface area contributed by atoms with Crippen molar-refractivity contribution in [3.8, 4) is 0 Å². The van der Waals surface area contributed by atoms with Crippen LogP contribution in [0.4, 0.5) is 0 Å². The third-order valence-corrected chi connectivity index (χ3v) is 4.14. The monoisotopic (exact) mass is 226 g/mol. The Morgan fingerprint density at radius 3 is 2.06 bits per heavy atom. The summed E-state index contributed by atoms with van der Waals surface area (Å²) >= 11 is 0. The van der Waals surface area contributed by atoms with Gasteiger partial charge in [0, 0.05) is 0 Å². The second-order valence-corrected chi connectivity index (χ2v) is 6.46. The van der Waals surface area contributed by atoms with Crippen LogP contribution < -0.4 is 0 Å². The van der Waals surface area contributed by atoms with E-state index in [1.807, 2.05) is 6.92 Å². The van der Waals surface area contributed by atoms with Crippen LogP contribution in [0.3, 0.4) is 0 Å². The van der Waals surface area contributed by atoms with Crippen LogP contribution in [0, 0.1) is 16.7 Å². The number of carbonyl (C=O) groups is 1. The van der Waals surface area contributed by atoms with Gasteiger partial charge in [-0.25, -0.2) is 0 Å². The molecule has 0 amide bonds. The number of esters is 1. The summed E-state index contributed by atoms with van der Waals surface area (Å²) < 4.78 is 4.90. The summed E-state index contributed by atoms with van der Waals surface area (Å²) in [5.74, 6) is 0.714. The molecule has 1 fully saturated rings. The summed E-state index contributed by atoms with van der Waals surface area (Å²) in [7, 11) is 1.50. The molecule has 0 spiro atoms. The van der Waals surface area contributed by atoms with Crippen molar-refractivity contribution in [2.45, 2.75) is 59.8 Å². The van der Waals surface area contributed by atoms with Crippen molar-refractivity contribution >= 4 is 5.97 Å². The molecule has 2 heteroatoms. The quantitative estimate of drug-likeness (QED) is 0.684. The van der Waals surface area contributed by atoms with Crippen LogP contribution in [0.2, 0.25) is 0 Å². The third kappa shape index (κ3) is 2.99. The van der Waals surface area contributed by atoms with Crippen molar-refractivity contribution in [2.24, 2.45) is 16.7 Å². The fourth-order valence-electron chi connectivity index (χ4n) is 3.05. The van der Waals surface area contributed by atoms with E-state index in [4.69, 9.17) is 4.74 Å². The first-order valence-electron chi connectivity index (χ1n) is 6.40. The normalized spacial score (nSPS) is 35.1. The molecule has 94 valence electrons. The first kappa shape index (κ1) is 13.5. The molecular formula is C14H26O2. The summed E-state index contributed by atoms with van der Waals surface area (Å²) in [5, 5.41) is 0. The van der Waals surface area contributed by atoms with E-state index in [0.717, 1.165) is 31.6 Å². The summed E-state index contributed by atoms with van der Waals surface area (Å²) in [4.78, 5) is 11.7. The van der Waals surface area contributed by atoms with Crippen molar-refractivity contribution in [3.05, 3.63) is 0 Å². The van der Waals surface area contributed by atoms with E-state index in [9.17, 15) is 4.79 Å². The van der Waals surface area contributed by atoms with E-state index in [0.29, 0.717) is 5.41 Å². The Morgan fingerprint density at radius 1 is 1.19 bits per heavy atom. The lowest BCUT2D eigenvalue weighted by molar-refractivity contribution is -0.155. The van der Waals surface area contributed by atoms with Gasteiger partial charge in [0.2, 0.25) is 0 Å².